The maximum absolute atomic E-state index is 4.42. The van der Waals surface area contributed by atoms with Gasteiger partial charge in [0.1, 0.15) is 5.82 Å². The first kappa shape index (κ1) is 10.2. The molecule has 0 fully saturated rings. The molecule has 0 spiro atoms. The molecule has 1 aromatic heterocycles. The van der Waals surface area contributed by atoms with E-state index in [0.717, 1.165) is 18.1 Å². The van der Waals surface area contributed by atoms with E-state index in [0.29, 0.717) is 12.0 Å². The molecule has 0 aromatic carbocycles. The van der Waals surface area contributed by atoms with Gasteiger partial charge in [0.15, 0.2) is 5.82 Å². The van der Waals surface area contributed by atoms with Crippen molar-refractivity contribution in [2.45, 2.75) is 39.2 Å². The van der Waals surface area contributed by atoms with E-state index in [4.69, 9.17) is 0 Å². The number of hydrogen-bond acceptors (Lipinski definition) is 3. The van der Waals surface area contributed by atoms with Crippen LogP contribution < -0.4 is 5.32 Å². The zero-order chi connectivity index (χ0) is 9.84. The Labute approximate surface area is 79.2 Å². The molecule has 0 saturated heterocycles. The first-order valence-corrected chi connectivity index (χ1v) is 4.78. The standard InChI is InChI=1S/C9H18N4/c1-5-7(10-4)9-11-8(6(2)3)12-13-9/h6-7,10H,5H2,1-4H3,(H,11,12,13). The molecule has 0 aliphatic carbocycles. The fraction of sp³-hybridized carbons (Fsp3) is 0.778. The number of nitrogens with zero attached hydrogens (tertiary/aromatic N) is 2. The predicted octanol–water partition coefficient (Wildman–Crippen LogP) is 1.60. The lowest BCUT2D eigenvalue weighted by atomic mass is 10.2. The summed E-state index contributed by atoms with van der Waals surface area (Å²) < 4.78 is 0. The van der Waals surface area contributed by atoms with Crippen LogP contribution in [0.3, 0.4) is 0 Å². The fourth-order valence-corrected chi connectivity index (χ4v) is 1.24. The van der Waals surface area contributed by atoms with E-state index in [9.17, 15) is 0 Å². The summed E-state index contributed by atoms with van der Waals surface area (Å²) in [5.74, 6) is 2.22. The van der Waals surface area contributed by atoms with Crippen LogP contribution in [0.2, 0.25) is 0 Å². The van der Waals surface area contributed by atoms with Gasteiger partial charge >= 0.3 is 0 Å². The molecule has 1 aromatic rings. The van der Waals surface area contributed by atoms with Crippen molar-refractivity contribution in [3.63, 3.8) is 0 Å². The van der Waals surface area contributed by atoms with E-state index >= 15 is 0 Å². The Bertz CT molecular complexity index is 250. The monoisotopic (exact) mass is 182 g/mol. The molecule has 1 unspecified atom stereocenters. The maximum atomic E-state index is 4.42. The second-order valence-corrected chi connectivity index (χ2v) is 3.48. The predicted molar refractivity (Wildman–Crippen MR) is 52.6 cm³/mol. The summed E-state index contributed by atoms with van der Waals surface area (Å²) in [5, 5.41) is 10.3. The van der Waals surface area contributed by atoms with Gasteiger partial charge in [0, 0.05) is 5.92 Å². The molecule has 2 N–H and O–H groups in total. The van der Waals surface area contributed by atoms with Crippen molar-refractivity contribution in [1.82, 2.24) is 20.5 Å². The van der Waals surface area contributed by atoms with Crippen molar-refractivity contribution < 1.29 is 0 Å². The van der Waals surface area contributed by atoms with E-state index in [1.165, 1.54) is 0 Å². The minimum atomic E-state index is 0.292. The van der Waals surface area contributed by atoms with Gasteiger partial charge in [-0.1, -0.05) is 20.8 Å². The summed E-state index contributed by atoms with van der Waals surface area (Å²) >= 11 is 0. The minimum absolute atomic E-state index is 0.292. The molecule has 1 heterocycles. The quantitative estimate of drug-likeness (QED) is 0.743. The van der Waals surface area contributed by atoms with E-state index in [1.807, 2.05) is 7.05 Å². The molecule has 0 bridgehead atoms. The third-order valence-corrected chi connectivity index (χ3v) is 2.12. The van der Waals surface area contributed by atoms with Crippen molar-refractivity contribution in [3.05, 3.63) is 11.6 Å². The number of rotatable bonds is 4. The van der Waals surface area contributed by atoms with Crippen LogP contribution in [0.5, 0.6) is 0 Å². The number of nitrogens with one attached hydrogen (secondary N) is 2. The van der Waals surface area contributed by atoms with Crippen LogP contribution in [-0.2, 0) is 0 Å². The molecule has 0 saturated carbocycles. The van der Waals surface area contributed by atoms with Gasteiger partial charge in [0.25, 0.3) is 0 Å². The average Bonchev–Trinajstić information content (AvgIpc) is 2.56. The molecule has 13 heavy (non-hydrogen) atoms. The molecule has 0 aliphatic heterocycles. The minimum Gasteiger partial charge on any atom is -0.310 e. The zero-order valence-corrected chi connectivity index (χ0v) is 8.76. The average molecular weight is 182 g/mol. The van der Waals surface area contributed by atoms with Gasteiger partial charge in [-0.2, -0.15) is 5.10 Å². The second kappa shape index (κ2) is 4.37. The van der Waals surface area contributed by atoms with Crippen molar-refractivity contribution in [2.75, 3.05) is 7.05 Å². The summed E-state index contributed by atoms with van der Waals surface area (Å²) in [5.41, 5.74) is 0. The normalized spacial score (nSPS) is 13.6. The van der Waals surface area contributed by atoms with Gasteiger partial charge < -0.3 is 5.32 Å². The largest absolute Gasteiger partial charge is 0.310 e. The van der Waals surface area contributed by atoms with Crippen LogP contribution in [-0.4, -0.2) is 22.2 Å². The van der Waals surface area contributed by atoms with Gasteiger partial charge in [-0.05, 0) is 13.5 Å². The van der Waals surface area contributed by atoms with Gasteiger partial charge in [-0.15, -0.1) is 0 Å². The highest BCUT2D eigenvalue weighted by atomic mass is 15.2. The maximum Gasteiger partial charge on any atom is 0.153 e. The molecule has 0 aliphatic rings. The van der Waals surface area contributed by atoms with Gasteiger partial charge in [0.2, 0.25) is 0 Å². The molecule has 4 heteroatoms. The summed E-state index contributed by atoms with van der Waals surface area (Å²) in [7, 11) is 1.94. The highest BCUT2D eigenvalue weighted by Crippen LogP contribution is 2.14. The molecule has 74 valence electrons. The number of hydrogen-bond donors (Lipinski definition) is 2. The lowest BCUT2D eigenvalue weighted by Gasteiger charge is -2.08. The number of aromatic amines is 1. The smallest absolute Gasteiger partial charge is 0.153 e. The van der Waals surface area contributed by atoms with Gasteiger partial charge in [0.05, 0.1) is 6.04 Å². The Kier molecular flexibility index (Phi) is 3.42. The SMILES string of the molecule is CCC(NC)c1nc(C(C)C)n[nH]1. The molecule has 1 atom stereocenters. The molecule has 0 amide bonds. The van der Waals surface area contributed by atoms with Crippen molar-refractivity contribution >= 4 is 0 Å². The Hall–Kier alpha value is -0.900. The van der Waals surface area contributed by atoms with Crippen LogP contribution in [0.4, 0.5) is 0 Å². The van der Waals surface area contributed by atoms with Gasteiger partial charge in [-0.3, -0.25) is 5.10 Å². The Morgan fingerprint density at radius 1 is 1.46 bits per heavy atom. The molecule has 1 rings (SSSR count). The number of aromatic nitrogens is 3. The molecule has 4 nitrogen and oxygen atoms in total. The second-order valence-electron chi connectivity index (χ2n) is 3.48. The summed E-state index contributed by atoms with van der Waals surface area (Å²) in [6.45, 7) is 6.30. The summed E-state index contributed by atoms with van der Waals surface area (Å²) in [6, 6.07) is 0.292. The topological polar surface area (TPSA) is 53.6 Å². The van der Waals surface area contributed by atoms with Gasteiger partial charge in [-0.25, -0.2) is 4.98 Å². The van der Waals surface area contributed by atoms with Crippen LogP contribution in [0.25, 0.3) is 0 Å². The molecular weight excluding hydrogens is 164 g/mol. The van der Waals surface area contributed by atoms with Crippen molar-refractivity contribution in [2.24, 2.45) is 0 Å². The number of H-pyrrole nitrogens is 1. The van der Waals surface area contributed by atoms with Crippen LogP contribution in [0, 0.1) is 0 Å². The lowest BCUT2D eigenvalue weighted by molar-refractivity contribution is 0.545. The van der Waals surface area contributed by atoms with E-state index in [-0.39, 0.29) is 0 Å². The van der Waals surface area contributed by atoms with Crippen molar-refractivity contribution in [3.8, 4) is 0 Å². The molecular formula is C9H18N4. The van der Waals surface area contributed by atoms with E-state index < -0.39 is 0 Å². The third-order valence-electron chi connectivity index (χ3n) is 2.12. The Morgan fingerprint density at radius 2 is 2.15 bits per heavy atom. The Balaban J connectivity index is 2.78. The highest BCUT2D eigenvalue weighted by molar-refractivity contribution is 4.99. The van der Waals surface area contributed by atoms with E-state index in [1.54, 1.807) is 0 Å². The fourth-order valence-electron chi connectivity index (χ4n) is 1.24. The Morgan fingerprint density at radius 3 is 2.54 bits per heavy atom. The summed E-state index contributed by atoms with van der Waals surface area (Å²) in [6.07, 6.45) is 1.02. The van der Waals surface area contributed by atoms with Crippen molar-refractivity contribution in [1.29, 1.82) is 0 Å². The molecule has 0 radical (unpaired) electrons. The lowest BCUT2D eigenvalue weighted by Crippen LogP contribution is -2.16. The highest BCUT2D eigenvalue weighted by Gasteiger charge is 2.13. The van der Waals surface area contributed by atoms with Crippen LogP contribution in [0.1, 0.15) is 50.8 Å². The first-order chi connectivity index (χ1) is 6.19. The van der Waals surface area contributed by atoms with Crippen LogP contribution in [0.15, 0.2) is 0 Å². The van der Waals surface area contributed by atoms with Crippen LogP contribution >= 0.6 is 0 Å². The zero-order valence-electron chi connectivity index (χ0n) is 8.76. The first-order valence-electron chi connectivity index (χ1n) is 4.78. The van der Waals surface area contributed by atoms with E-state index in [2.05, 4.69) is 41.3 Å². The summed E-state index contributed by atoms with van der Waals surface area (Å²) in [4.78, 5) is 4.42. The third kappa shape index (κ3) is 2.28.